The Kier molecular flexibility index (Phi) is 6.23. The van der Waals surface area contributed by atoms with Crippen molar-refractivity contribution in [3.63, 3.8) is 0 Å². The van der Waals surface area contributed by atoms with Crippen LogP contribution in [0, 0.1) is 5.82 Å². The standard InChI is InChI=1S/C26H28FNO3/c1-17(2)24-16-23(18-6-4-3-5-7-18)26(19-8-10-20(27)11-9-19)28(24)13-12-22-14-21(29)15-25(30)31-22/h3-11,16-17,21-22,29H,12-15H2,1-2H3/t21-,22-/m1/s1. The van der Waals surface area contributed by atoms with Crippen molar-refractivity contribution in [1.82, 2.24) is 4.57 Å². The third-order valence-corrected chi connectivity index (χ3v) is 5.83. The molecule has 0 radical (unpaired) electrons. The van der Waals surface area contributed by atoms with Crippen LogP contribution in [0.4, 0.5) is 4.39 Å². The molecule has 1 fully saturated rings. The third kappa shape index (κ3) is 4.72. The Balaban J connectivity index is 1.77. The van der Waals surface area contributed by atoms with Gasteiger partial charge in [0.2, 0.25) is 0 Å². The molecule has 1 aliphatic heterocycles. The minimum Gasteiger partial charge on any atom is -0.462 e. The van der Waals surface area contributed by atoms with Gasteiger partial charge >= 0.3 is 5.97 Å². The second kappa shape index (κ2) is 9.06. The Morgan fingerprint density at radius 3 is 2.45 bits per heavy atom. The number of carbonyl (C=O) groups is 1. The molecule has 0 spiro atoms. The highest BCUT2D eigenvalue weighted by atomic mass is 19.1. The molecule has 0 bridgehead atoms. The molecule has 1 aliphatic rings. The zero-order chi connectivity index (χ0) is 22.0. The van der Waals surface area contributed by atoms with E-state index in [1.54, 1.807) is 0 Å². The fourth-order valence-corrected chi connectivity index (χ4v) is 4.36. The minimum absolute atomic E-state index is 0.0657. The van der Waals surface area contributed by atoms with Crippen molar-refractivity contribution in [1.29, 1.82) is 0 Å². The number of hydrogen-bond acceptors (Lipinski definition) is 3. The van der Waals surface area contributed by atoms with E-state index in [9.17, 15) is 14.3 Å². The Hall–Kier alpha value is -2.92. The Morgan fingerprint density at radius 1 is 1.10 bits per heavy atom. The molecule has 31 heavy (non-hydrogen) atoms. The lowest BCUT2D eigenvalue weighted by atomic mass is 10.0. The highest BCUT2D eigenvalue weighted by molar-refractivity contribution is 5.82. The van der Waals surface area contributed by atoms with Gasteiger partial charge in [0.1, 0.15) is 11.9 Å². The zero-order valence-electron chi connectivity index (χ0n) is 17.9. The molecular weight excluding hydrogens is 393 g/mol. The molecular formula is C26H28FNO3. The molecule has 4 nitrogen and oxygen atoms in total. The van der Waals surface area contributed by atoms with Gasteiger partial charge in [-0.1, -0.05) is 44.2 Å². The van der Waals surface area contributed by atoms with Crippen molar-refractivity contribution >= 4 is 5.97 Å². The summed E-state index contributed by atoms with van der Waals surface area (Å²) < 4.78 is 21.4. The van der Waals surface area contributed by atoms with E-state index in [4.69, 9.17) is 4.74 Å². The number of nitrogens with zero attached hydrogens (tertiary/aromatic N) is 1. The summed E-state index contributed by atoms with van der Waals surface area (Å²) in [7, 11) is 0. The average molecular weight is 422 g/mol. The maximum absolute atomic E-state index is 13.6. The van der Waals surface area contributed by atoms with Crippen molar-refractivity contribution in [2.75, 3.05) is 0 Å². The second-order valence-electron chi connectivity index (χ2n) is 8.50. The van der Waals surface area contributed by atoms with Crippen LogP contribution in [-0.2, 0) is 16.1 Å². The number of cyclic esters (lactones) is 1. The van der Waals surface area contributed by atoms with Crippen LogP contribution < -0.4 is 0 Å². The van der Waals surface area contributed by atoms with E-state index in [0.29, 0.717) is 19.4 Å². The molecule has 1 aromatic heterocycles. The summed E-state index contributed by atoms with van der Waals surface area (Å²) in [5, 5.41) is 9.96. The van der Waals surface area contributed by atoms with E-state index in [-0.39, 0.29) is 30.2 Å². The quantitative estimate of drug-likeness (QED) is 0.532. The first kappa shape index (κ1) is 21.3. The van der Waals surface area contributed by atoms with Crippen LogP contribution in [-0.4, -0.2) is 27.9 Å². The first-order valence-corrected chi connectivity index (χ1v) is 10.8. The number of aliphatic hydroxyl groups excluding tert-OH is 1. The van der Waals surface area contributed by atoms with Crippen molar-refractivity contribution in [2.45, 2.75) is 57.8 Å². The normalized spacial score (nSPS) is 18.9. The van der Waals surface area contributed by atoms with Gasteiger partial charge in [-0.05, 0) is 47.4 Å². The van der Waals surface area contributed by atoms with Crippen molar-refractivity contribution in [2.24, 2.45) is 0 Å². The number of carbonyl (C=O) groups excluding carboxylic acids is 1. The van der Waals surface area contributed by atoms with Gasteiger partial charge < -0.3 is 14.4 Å². The average Bonchev–Trinajstić information content (AvgIpc) is 3.12. The van der Waals surface area contributed by atoms with Crippen LogP contribution in [0.5, 0.6) is 0 Å². The molecule has 0 saturated carbocycles. The van der Waals surface area contributed by atoms with Gasteiger partial charge in [-0.15, -0.1) is 0 Å². The zero-order valence-corrected chi connectivity index (χ0v) is 17.9. The maximum atomic E-state index is 13.6. The lowest BCUT2D eigenvalue weighted by Gasteiger charge is -2.27. The van der Waals surface area contributed by atoms with Crippen LogP contribution in [0.3, 0.4) is 0 Å². The fourth-order valence-electron chi connectivity index (χ4n) is 4.36. The van der Waals surface area contributed by atoms with Gasteiger partial charge in [-0.3, -0.25) is 4.79 Å². The van der Waals surface area contributed by atoms with Crippen molar-refractivity contribution in [3.8, 4) is 22.4 Å². The number of esters is 1. The highest BCUT2D eigenvalue weighted by Crippen LogP contribution is 2.38. The number of aromatic nitrogens is 1. The molecule has 4 rings (SSSR count). The lowest BCUT2D eigenvalue weighted by molar-refractivity contribution is -0.160. The largest absolute Gasteiger partial charge is 0.462 e. The van der Waals surface area contributed by atoms with Crippen molar-refractivity contribution in [3.05, 3.63) is 72.2 Å². The number of halogens is 1. The summed E-state index contributed by atoms with van der Waals surface area (Å²) in [5.41, 5.74) is 5.32. The topological polar surface area (TPSA) is 51.5 Å². The Labute approximate surface area is 182 Å². The predicted molar refractivity (Wildman–Crippen MR) is 119 cm³/mol. The molecule has 2 heterocycles. The van der Waals surface area contributed by atoms with Crippen molar-refractivity contribution < 1.29 is 19.0 Å². The number of rotatable bonds is 6. The smallest absolute Gasteiger partial charge is 0.308 e. The summed E-state index contributed by atoms with van der Waals surface area (Å²) in [6.07, 6.45) is 0.189. The fraction of sp³-hybridized carbons (Fsp3) is 0.346. The summed E-state index contributed by atoms with van der Waals surface area (Å²) in [6, 6.07) is 19.0. The van der Waals surface area contributed by atoms with E-state index in [1.165, 1.54) is 17.8 Å². The van der Waals surface area contributed by atoms with E-state index < -0.39 is 6.10 Å². The highest BCUT2D eigenvalue weighted by Gasteiger charge is 2.28. The van der Waals surface area contributed by atoms with E-state index >= 15 is 0 Å². The molecule has 2 aromatic carbocycles. The summed E-state index contributed by atoms with van der Waals surface area (Å²) in [4.78, 5) is 11.8. The molecule has 2 atom stereocenters. The Morgan fingerprint density at radius 2 is 1.81 bits per heavy atom. The second-order valence-corrected chi connectivity index (χ2v) is 8.50. The van der Waals surface area contributed by atoms with Crippen LogP contribution in [0.1, 0.15) is 44.7 Å². The first-order chi connectivity index (χ1) is 14.9. The van der Waals surface area contributed by atoms with Gasteiger partial charge in [-0.25, -0.2) is 4.39 Å². The number of hydrogen-bond donors (Lipinski definition) is 1. The molecule has 1 N–H and O–H groups in total. The van der Waals surface area contributed by atoms with E-state index in [0.717, 1.165) is 22.4 Å². The molecule has 3 aromatic rings. The van der Waals surface area contributed by atoms with E-state index in [2.05, 4.69) is 36.6 Å². The predicted octanol–water partition coefficient (Wildman–Crippen LogP) is 5.54. The summed E-state index contributed by atoms with van der Waals surface area (Å²) >= 11 is 0. The summed E-state index contributed by atoms with van der Waals surface area (Å²) in [5.74, 6) is -0.337. The number of aliphatic hydroxyl groups is 1. The molecule has 162 valence electrons. The lowest BCUT2D eigenvalue weighted by Crippen LogP contribution is -2.33. The first-order valence-electron chi connectivity index (χ1n) is 10.8. The monoisotopic (exact) mass is 421 g/mol. The van der Waals surface area contributed by atoms with Crippen LogP contribution in [0.15, 0.2) is 60.7 Å². The Bertz CT molecular complexity index is 1040. The molecule has 0 amide bonds. The van der Waals surface area contributed by atoms with Gasteiger partial charge in [0.25, 0.3) is 0 Å². The van der Waals surface area contributed by atoms with Gasteiger partial charge in [0, 0.05) is 30.6 Å². The summed E-state index contributed by atoms with van der Waals surface area (Å²) in [6.45, 7) is 4.94. The molecule has 1 saturated heterocycles. The van der Waals surface area contributed by atoms with Crippen LogP contribution in [0.25, 0.3) is 22.4 Å². The van der Waals surface area contributed by atoms with Gasteiger partial charge in [-0.2, -0.15) is 0 Å². The van der Waals surface area contributed by atoms with E-state index in [1.807, 2.05) is 30.3 Å². The SMILES string of the molecule is CC(C)c1cc(-c2ccccc2)c(-c2ccc(F)cc2)n1CC[C@@H]1C[C@@H](O)CC(=O)O1. The number of benzene rings is 2. The molecule has 0 aliphatic carbocycles. The maximum Gasteiger partial charge on any atom is 0.308 e. The minimum atomic E-state index is -0.642. The molecule has 0 unspecified atom stereocenters. The van der Waals surface area contributed by atoms with Crippen LogP contribution >= 0.6 is 0 Å². The van der Waals surface area contributed by atoms with Crippen LogP contribution in [0.2, 0.25) is 0 Å². The third-order valence-electron chi connectivity index (χ3n) is 5.83. The van der Waals surface area contributed by atoms with Gasteiger partial charge in [0.05, 0.1) is 18.2 Å². The molecule has 5 heteroatoms. The number of ether oxygens (including phenoxy) is 1. The van der Waals surface area contributed by atoms with Gasteiger partial charge in [0.15, 0.2) is 0 Å².